The second-order valence-electron chi connectivity index (χ2n) is 6.24. The molecule has 0 aromatic rings. The van der Waals surface area contributed by atoms with Crippen molar-refractivity contribution in [3.05, 3.63) is 12.3 Å². The first-order valence-corrected chi connectivity index (χ1v) is 6.69. The molecule has 0 aromatic heterocycles. The van der Waals surface area contributed by atoms with Gasteiger partial charge in [0.1, 0.15) is 0 Å². The van der Waals surface area contributed by atoms with Crippen molar-refractivity contribution in [3.63, 3.8) is 0 Å². The Labute approximate surface area is 106 Å². The number of nitrogens with zero attached hydrogens (tertiary/aromatic N) is 1. The Balaban J connectivity index is 2.96. The summed E-state index contributed by atoms with van der Waals surface area (Å²) in [7, 11) is 0. The van der Waals surface area contributed by atoms with Gasteiger partial charge in [0, 0.05) is 12.1 Å². The average molecular weight is 237 g/mol. The molecule has 0 saturated heterocycles. The molecule has 1 aliphatic rings. The van der Waals surface area contributed by atoms with Gasteiger partial charge in [0.15, 0.2) is 0 Å². The van der Waals surface area contributed by atoms with Crippen molar-refractivity contribution in [1.82, 2.24) is 4.90 Å². The third-order valence-electron chi connectivity index (χ3n) is 4.68. The smallest absolute Gasteiger partial charge is 0.227 e. The summed E-state index contributed by atoms with van der Waals surface area (Å²) < 4.78 is 0. The van der Waals surface area contributed by atoms with E-state index >= 15 is 0 Å². The lowest BCUT2D eigenvalue weighted by molar-refractivity contribution is -0.132. The summed E-state index contributed by atoms with van der Waals surface area (Å²) in [6.07, 6.45) is 2.60. The Morgan fingerprint density at radius 1 is 1.41 bits per heavy atom. The van der Waals surface area contributed by atoms with E-state index in [1.807, 2.05) is 18.7 Å². The number of carbonyl (C=O) groups excluding carboxylic acids is 1. The van der Waals surface area contributed by atoms with Gasteiger partial charge in [-0.3, -0.25) is 4.79 Å². The summed E-state index contributed by atoms with van der Waals surface area (Å²) in [4.78, 5) is 14.2. The van der Waals surface area contributed by atoms with E-state index in [-0.39, 0.29) is 16.9 Å². The van der Waals surface area contributed by atoms with Crippen LogP contribution in [-0.2, 0) is 4.79 Å². The molecule has 1 amide bonds. The highest BCUT2D eigenvalue weighted by atomic mass is 16.2. The van der Waals surface area contributed by atoms with Crippen LogP contribution in [0, 0.1) is 11.3 Å². The van der Waals surface area contributed by atoms with Gasteiger partial charge >= 0.3 is 0 Å². The van der Waals surface area contributed by atoms with E-state index in [9.17, 15) is 4.79 Å². The van der Waals surface area contributed by atoms with Crippen molar-refractivity contribution in [2.75, 3.05) is 0 Å². The molecule has 0 bridgehead atoms. The molecule has 1 fully saturated rings. The molecular formula is C15H27NO. The van der Waals surface area contributed by atoms with E-state index < -0.39 is 0 Å². The standard InChI is InChI=1S/C15H27NO/c1-8-9-13(17)16(12(4)5)15(7)10-14(15,6)11(2)3/h11H,4,8-10H2,1-3,5-7H3. The van der Waals surface area contributed by atoms with Crippen molar-refractivity contribution >= 4 is 5.91 Å². The summed E-state index contributed by atoms with van der Waals surface area (Å²) >= 11 is 0. The first-order chi connectivity index (χ1) is 7.70. The Morgan fingerprint density at radius 2 is 1.94 bits per heavy atom. The zero-order chi connectivity index (χ0) is 13.4. The van der Waals surface area contributed by atoms with Gasteiger partial charge in [-0.1, -0.05) is 34.3 Å². The van der Waals surface area contributed by atoms with Crippen LogP contribution in [0.1, 0.15) is 60.8 Å². The number of amides is 1. The predicted octanol–water partition coefficient (Wildman–Crippen LogP) is 3.97. The van der Waals surface area contributed by atoms with Crippen LogP contribution in [0.4, 0.5) is 0 Å². The molecule has 98 valence electrons. The average Bonchev–Trinajstić information content (AvgIpc) is 2.70. The highest BCUT2D eigenvalue weighted by molar-refractivity contribution is 5.79. The number of hydrogen-bond acceptors (Lipinski definition) is 1. The highest BCUT2D eigenvalue weighted by Gasteiger charge is 2.66. The normalized spacial score (nSPS) is 31.5. The summed E-state index contributed by atoms with van der Waals surface area (Å²) in [6, 6.07) is 0. The summed E-state index contributed by atoms with van der Waals surface area (Å²) in [5.41, 5.74) is 1.09. The monoisotopic (exact) mass is 237 g/mol. The summed E-state index contributed by atoms with van der Waals surface area (Å²) in [5.74, 6) is 0.815. The van der Waals surface area contributed by atoms with E-state index in [0.717, 1.165) is 18.5 Å². The number of rotatable bonds is 5. The van der Waals surface area contributed by atoms with Crippen LogP contribution in [0.15, 0.2) is 12.3 Å². The topological polar surface area (TPSA) is 20.3 Å². The van der Waals surface area contributed by atoms with Gasteiger partial charge in [-0.25, -0.2) is 0 Å². The molecule has 2 nitrogen and oxygen atoms in total. The van der Waals surface area contributed by atoms with Crippen LogP contribution in [0.5, 0.6) is 0 Å². The fourth-order valence-corrected chi connectivity index (χ4v) is 3.07. The number of hydrogen-bond donors (Lipinski definition) is 0. The molecule has 0 radical (unpaired) electrons. The minimum Gasteiger partial charge on any atom is -0.311 e. The first kappa shape index (κ1) is 14.3. The fraction of sp³-hybridized carbons (Fsp3) is 0.800. The van der Waals surface area contributed by atoms with E-state index in [1.165, 1.54) is 0 Å². The predicted molar refractivity (Wildman–Crippen MR) is 72.5 cm³/mol. The van der Waals surface area contributed by atoms with Gasteiger partial charge in [-0.15, -0.1) is 0 Å². The highest BCUT2D eigenvalue weighted by Crippen LogP contribution is 2.64. The molecule has 2 atom stereocenters. The van der Waals surface area contributed by atoms with Gasteiger partial charge in [-0.05, 0) is 38.0 Å². The fourth-order valence-electron chi connectivity index (χ4n) is 3.07. The summed E-state index contributed by atoms with van der Waals surface area (Å²) in [5, 5.41) is 0. The van der Waals surface area contributed by atoms with Crippen LogP contribution in [0.2, 0.25) is 0 Å². The maximum Gasteiger partial charge on any atom is 0.227 e. The van der Waals surface area contributed by atoms with Gasteiger partial charge in [0.25, 0.3) is 0 Å². The van der Waals surface area contributed by atoms with Crippen molar-refractivity contribution in [2.45, 2.75) is 66.3 Å². The maximum atomic E-state index is 12.2. The van der Waals surface area contributed by atoms with E-state index in [4.69, 9.17) is 0 Å². The zero-order valence-corrected chi connectivity index (χ0v) is 12.3. The Hall–Kier alpha value is -0.790. The number of allylic oxidation sites excluding steroid dienone is 1. The van der Waals surface area contributed by atoms with Crippen molar-refractivity contribution < 1.29 is 4.79 Å². The molecule has 17 heavy (non-hydrogen) atoms. The zero-order valence-electron chi connectivity index (χ0n) is 12.3. The SMILES string of the molecule is C=C(C)N(C(=O)CCC)C1(C)CC1(C)C(C)C. The maximum absolute atomic E-state index is 12.2. The van der Waals surface area contributed by atoms with E-state index in [1.54, 1.807) is 0 Å². The summed E-state index contributed by atoms with van der Waals surface area (Å²) in [6.45, 7) is 17.0. The molecule has 0 aliphatic heterocycles. The molecule has 0 aromatic carbocycles. The van der Waals surface area contributed by atoms with Crippen molar-refractivity contribution in [3.8, 4) is 0 Å². The molecule has 0 N–H and O–H groups in total. The minimum absolute atomic E-state index is 0.0285. The van der Waals surface area contributed by atoms with Crippen molar-refractivity contribution in [2.24, 2.45) is 11.3 Å². The lowest BCUT2D eigenvalue weighted by atomic mass is 9.89. The van der Waals surface area contributed by atoms with Crippen LogP contribution >= 0.6 is 0 Å². The molecular weight excluding hydrogens is 210 g/mol. The van der Waals surface area contributed by atoms with Crippen molar-refractivity contribution in [1.29, 1.82) is 0 Å². The van der Waals surface area contributed by atoms with Crippen LogP contribution in [0.25, 0.3) is 0 Å². The third kappa shape index (κ3) is 2.14. The second kappa shape index (κ2) is 4.47. The Kier molecular flexibility index (Phi) is 3.75. The first-order valence-electron chi connectivity index (χ1n) is 6.69. The quantitative estimate of drug-likeness (QED) is 0.708. The Morgan fingerprint density at radius 3 is 2.24 bits per heavy atom. The van der Waals surface area contributed by atoms with Gasteiger partial charge in [0.2, 0.25) is 5.91 Å². The van der Waals surface area contributed by atoms with Gasteiger partial charge in [-0.2, -0.15) is 0 Å². The van der Waals surface area contributed by atoms with Crippen LogP contribution < -0.4 is 0 Å². The largest absolute Gasteiger partial charge is 0.311 e. The van der Waals surface area contributed by atoms with Crippen LogP contribution in [-0.4, -0.2) is 16.3 Å². The lowest BCUT2D eigenvalue weighted by Crippen LogP contribution is -2.43. The molecule has 1 saturated carbocycles. The molecule has 1 aliphatic carbocycles. The Bertz CT molecular complexity index is 334. The van der Waals surface area contributed by atoms with E-state index in [0.29, 0.717) is 12.3 Å². The minimum atomic E-state index is -0.0285. The van der Waals surface area contributed by atoms with E-state index in [2.05, 4.69) is 34.3 Å². The van der Waals surface area contributed by atoms with Gasteiger partial charge in [0.05, 0.1) is 5.54 Å². The molecule has 0 spiro atoms. The number of carbonyl (C=O) groups is 1. The molecule has 2 unspecified atom stereocenters. The third-order valence-corrected chi connectivity index (χ3v) is 4.68. The molecule has 2 heteroatoms. The van der Waals surface area contributed by atoms with Gasteiger partial charge < -0.3 is 4.90 Å². The lowest BCUT2D eigenvalue weighted by Gasteiger charge is -2.35. The molecule has 1 rings (SSSR count). The second-order valence-corrected chi connectivity index (χ2v) is 6.24. The van der Waals surface area contributed by atoms with Crippen LogP contribution in [0.3, 0.4) is 0 Å². The molecule has 0 heterocycles.